The quantitative estimate of drug-likeness (QED) is 0.461. The van der Waals surface area contributed by atoms with Crippen LogP contribution in [0.25, 0.3) is 0 Å². The summed E-state index contributed by atoms with van der Waals surface area (Å²) in [5.74, 6) is 0. The van der Waals surface area contributed by atoms with E-state index >= 15 is 0 Å². The first-order valence-corrected chi connectivity index (χ1v) is 5.29. The normalized spacial score (nSPS) is 9.60. The van der Waals surface area contributed by atoms with E-state index < -0.39 is 0 Å². The molecule has 0 aromatic carbocycles. The maximum atomic E-state index is 9.72. The summed E-state index contributed by atoms with van der Waals surface area (Å²) in [5, 5.41) is 0. The van der Waals surface area contributed by atoms with Gasteiger partial charge in [-0.05, 0) is 6.16 Å². The minimum absolute atomic E-state index is 0.0854. The summed E-state index contributed by atoms with van der Waals surface area (Å²) >= 11 is 0. The van der Waals surface area contributed by atoms with Crippen molar-refractivity contribution in [1.29, 1.82) is 0 Å². The zero-order chi connectivity index (χ0) is 8.24. The molecule has 0 rings (SSSR count). The van der Waals surface area contributed by atoms with Crippen LogP contribution in [0.15, 0.2) is 0 Å². The molecule has 0 aromatic rings. The summed E-state index contributed by atoms with van der Waals surface area (Å²) in [6, 6.07) is 0. The number of hydrogen-bond acceptors (Lipinski definition) is 1. The minimum Gasteiger partial charge on any atom is -0.832 e. The van der Waals surface area contributed by atoms with E-state index in [4.69, 9.17) is 0 Å². The van der Waals surface area contributed by atoms with Crippen LogP contribution in [0.5, 0.6) is 0 Å². The van der Waals surface area contributed by atoms with Crippen molar-refractivity contribution < 1.29 is 4.89 Å². The van der Waals surface area contributed by atoms with Gasteiger partial charge in [-0.2, -0.15) is 0 Å². The first-order valence-electron chi connectivity index (χ1n) is 4.18. The highest BCUT2D eigenvalue weighted by Gasteiger charge is 1.70. The molecule has 10 heavy (non-hydrogen) atoms. The van der Waals surface area contributed by atoms with Crippen LogP contribution in [0, 0.1) is 0 Å². The lowest BCUT2D eigenvalue weighted by Crippen LogP contribution is -1.84. The van der Waals surface area contributed by atoms with E-state index in [1.165, 1.54) is 12.8 Å². The second-order valence-electron chi connectivity index (χ2n) is 2.25. The van der Waals surface area contributed by atoms with Crippen molar-refractivity contribution in [2.75, 3.05) is 6.16 Å². The van der Waals surface area contributed by atoms with Crippen molar-refractivity contribution in [3.63, 3.8) is 0 Å². The topological polar surface area (TPSA) is 23.1 Å². The van der Waals surface area contributed by atoms with Crippen LogP contribution in [0.2, 0.25) is 0 Å². The molecule has 0 aliphatic heterocycles. The Morgan fingerprint density at radius 3 is 1.60 bits per heavy atom. The molecule has 1 nitrogen and oxygen atoms in total. The molecular formula is C8H20OP-. The van der Waals surface area contributed by atoms with Gasteiger partial charge in [-0.1, -0.05) is 46.5 Å². The Hall–Kier alpha value is 0.390. The first kappa shape index (κ1) is 13.0. The summed E-state index contributed by atoms with van der Waals surface area (Å²) in [5.41, 5.74) is 0. The fourth-order valence-electron chi connectivity index (χ4n) is 0.249. The first-order chi connectivity index (χ1) is 4.83. The van der Waals surface area contributed by atoms with Gasteiger partial charge in [0, 0.05) is 0 Å². The van der Waals surface area contributed by atoms with Gasteiger partial charge in [0.25, 0.3) is 0 Å². The highest BCUT2D eigenvalue weighted by atomic mass is 31.1. The third kappa shape index (κ3) is 23.8. The van der Waals surface area contributed by atoms with Crippen LogP contribution >= 0.6 is 8.81 Å². The van der Waals surface area contributed by atoms with Gasteiger partial charge in [-0.15, -0.1) is 0 Å². The van der Waals surface area contributed by atoms with E-state index in [2.05, 4.69) is 20.8 Å². The number of unbranched alkanes of at least 4 members (excludes halogenated alkanes) is 2. The van der Waals surface area contributed by atoms with Crippen molar-refractivity contribution in [2.45, 2.75) is 46.5 Å². The molecule has 0 fully saturated rings. The monoisotopic (exact) mass is 163 g/mol. The Kier molecular flexibility index (Phi) is 21.1. The molecule has 2 heteroatoms. The van der Waals surface area contributed by atoms with Crippen LogP contribution in [0.1, 0.15) is 46.5 Å². The van der Waals surface area contributed by atoms with Crippen LogP contribution in [-0.4, -0.2) is 6.16 Å². The van der Waals surface area contributed by atoms with Crippen molar-refractivity contribution in [1.82, 2.24) is 0 Å². The van der Waals surface area contributed by atoms with Gasteiger partial charge in [-0.25, -0.2) is 8.81 Å². The molecule has 0 aliphatic carbocycles. The molecule has 1 atom stereocenters. The van der Waals surface area contributed by atoms with Gasteiger partial charge in [-0.3, -0.25) is 0 Å². The molecule has 0 aromatic heterocycles. The average Bonchev–Trinajstić information content (AvgIpc) is 2.01. The predicted octanol–water partition coefficient (Wildman–Crippen LogP) is 2.55. The molecule has 64 valence electrons. The molecule has 0 saturated carbocycles. The molecule has 0 spiro atoms. The summed E-state index contributed by atoms with van der Waals surface area (Å²) in [6.07, 6.45) is 5.80. The van der Waals surface area contributed by atoms with Crippen molar-refractivity contribution >= 4 is 8.81 Å². The maximum Gasteiger partial charge on any atom is -0.0499 e. The van der Waals surface area contributed by atoms with Crippen LogP contribution < -0.4 is 4.89 Å². The summed E-state index contributed by atoms with van der Waals surface area (Å²) in [6.45, 7) is 6.46. The lowest BCUT2D eigenvalue weighted by atomic mass is 10.4. The lowest BCUT2D eigenvalue weighted by Gasteiger charge is -1.98. The molecule has 0 saturated heterocycles. The van der Waals surface area contributed by atoms with Crippen molar-refractivity contribution in [3.05, 3.63) is 0 Å². The highest BCUT2D eigenvalue weighted by molar-refractivity contribution is 7.29. The van der Waals surface area contributed by atoms with E-state index in [1.54, 1.807) is 0 Å². The zero-order valence-corrected chi connectivity index (χ0v) is 8.44. The standard InChI is InChI=1S/C4H10OP.C4H10/c1-2-3-4-6-5;1-3-4-2/h6H,2-4H2,1H3;3-4H2,1-2H3/q-1;. The summed E-state index contributed by atoms with van der Waals surface area (Å²) in [7, 11) is -0.0854. The van der Waals surface area contributed by atoms with Crippen LogP contribution in [0.3, 0.4) is 0 Å². The Morgan fingerprint density at radius 2 is 1.50 bits per heavy atom. The second-order valence-corrected chi connectivity index (χ2v) is 3.04. The third-order valence-corrected chi connectivity index (χ3v) is 1.69. The highest BCUT2D eigenvalue weighted by Crippen LogP contribution is 1.98. The smallest absolute Gasteiger partial charge is 0.0499 e. The lowest BCUT2D eigenvalue weighted by molar-refractivity contribution is -0.150. The average molecular weight is 163 g/mol. The molecular weight excluding hydrogens is 143 g/mol. The molecule has 0 N–H and O–H groups in total. The number of hydrogen-bond donors (Lipinski definition) is 0. The molecule has 1 unspecified atom stereocenters. The second kappa shape index (κ2) is 16.2. The maximum absolute atomic E-state index is 9.72. The molecule has 0 radical (unpaired) electrons. The Bertz CT molecular complexity index is 34.2. The summed E-state index contributed by atoms with van der Waals surface area (Å²) < 4.78 is 0. The van der Waals surface area contributed by atoms with E-state index in [0.717, 1.165) is 19.0 Å². The van der Waals surface area contributed by atoms with E-state index in [1.807, 2.05) is 0 Å². The van der Waals surface area contributed by atoms with E-state index in [9.17, 15) is 4.89 Å². The van der Waals surface area contributed by atoms with Gasteiger partial charge in [0.1, 0.15) is 0 Å². The van der Waals surface area contributed by atoms with Gasteiger partial charge in [0.2, 0.25) is 0 Å². The SMILES string of the molecule is CCCC.CCCCP[O-]. The molecule has 0 heterocycles. The largest absolute Gasteiger partial charge is 0.832 e. The van der Waals surface area contributed by atoms with E-state index in [-0.39, 0.29) is 8.81 Å². The van der Waals surface area contributed by atoms with Gasteiger partial charge in [0.05, 0.1) is 0 Å². The molecule has 0 amide bonds. The molecule has 0 aliphatic rings. The van der Waals surface area contributed by atoms with E-state index in [0.29, 0.717) is 0 Å². The van der Waals surface area contributed by atoms with Gasteiger partial charge in [0.15, 0.2) is 0 Å². The van der Waals surface area contributed by atoms with Gasteiger partial charge >= 0.3 is 0 Å². The Balaban J connectivity index is 0. The fraction of sp³-hybridized carbons (Fsp3) is 1.00. The van der Waals surface area contributed by atoms with Crippen molar-refractivity contribution in [2.24, 2.45) is 0 Å². The van der Waals surface area contributed by atoms with Gasteiger partial charge < -0.3 is 4.89 Å². The predicted molar refractivity (Wildman–Crippen MR) is 48.7 cm³/mol. The number of rotatable bonds is 4. The minimum atomic E-state index is -0.0854. The van der Waals surface area contributed by atoms with Crippen LogP contribution in [0.4, 0.5) is 0 Å². The fourth-order valence-corrected chi connectivity index (χ4v) is 0.747. The Morgan fingerprint density at radius 1 is 1.00 bits per heavy atom. The van der Waals surface area contributed by atoms with Crippen LogP contribution in [-0.2, 0) is 0 Å². The Labute approximate surface area is 67.1 Å². The summed E-state index contributed by atoms with van der Waals surface area (Å²) in [4.78, 5) is 9.72. The third-order valence-electron chi connectivity index (χ3n) is 1.13. The van der Waals surface area contributed by atoms with Crippen molar-refractivity contribution in [3.8, 4) is 0 Å². The molecule has 0 bridgehead atoms. The zero-order valence-electron chi connectivity index (χ0n) is 7.44.